The lowest BCUT2D eigenvalue weighted by Gasteiger charge is -2.31. The summed E-state index contributed by atoms with van der Waals surface area (Å²) in [5.74, 6) is -1.93. The summed E-state index contributed by atoms with van der Waals surface area (Å²) in [6.45, 7) is 3.82. The molecule has 1 heterocycles. The molecule has 30 heavy (non-hydrogen) atoms. The molecule has 1 aromatic rings. The molecule has 162 valence electrons. The Labute approximate surface area is 180 Å². The number of oxime groups is 1. The number of rotatable bonds is 9. The maximum Gasteiger partial charge on any atom is 0.336 e. The third-order valence-corrected chi connectivity index (χ3v) is 4.72. The van der Waals surface area contributed by atoms with E-state index in [0.29, 0.717) is 22.0 Å². The second-order valence-electron chi connectivity index (χ2n) is 6.21. The van der Waals surface area contributed by atoms with Gasteiger partial charge in [0.15, 0.2) is 0 Å². The zero-order valence-corrected chi connectivity index (χ0v) is 18.1. The van der Waals surface area contributed by atoms with E-state index in [9.17, 15) is 9.59 Å². The highest BCUT2D eigenvalue weighted by Gasteiger charge is 2.39. The lowest BCUT2D eigenvalue weighted by Crippen LogP contribution is -2.35. The van der Waals surface area contributed by atoms with E-state index in [-0.39, 0.29) is 31.0 Å². The number of methoxy groups -OCH3 is 1. The summed E-state index contributed by atoms with van der Waals surface area (Å²) in [7, 11) is 2.71. The molecule has 0 aliphatic carbocycles. The highest BCUT2D eigenvalue weighted by atomic mass is 35.5. The van der Waals surface area contributed by atoms with Crippen molar-refractivity contribution in [1.29, 1.82) is 0 Å². The fourth-order valence-corrected chi connectivity index (χ4v) is 3.42. The molecule has 0 spiro atoms. The summed E-state index contributed by atoms with van der Waals surface area (Å²) in [4.78, 5) is 30.2. The van der Waals surface area contributed by atoms with Gasteiger partial charge in [-0.2, -0.15) is 0 Å². The fourth-order valence-electron chi connectivity index (χ4n) is 3.18. The van der Waals surface area contributed by atoms with Crippen LogP contribution in [0.25, 0.3) is 0 Å². The van der Waals surface area contributed by atoms with E-state index in [4.69, 9.17) is 25.8 Å². The second kappa shape index (κ2) is 11.4. The zero-order chi connectivity index (χ0) is 22.1. The van der Waals surface area contributed by atoms with Crippen molar-refractivity contribution in [2.45, 2.75) is 19.8 Å². The van der Waals surface area contributed by atoms with Crippen LogP contribution in [0.15, 0.2) is 52.0 Å². The monoisotopic (exact) mass is 436 g/mol. The van der Waals surface area contributed by atoms with E-state index in [1.54, 1.807) is 38.1 Å². The van der Waals surface area contributed by atoms with Crippen LogP contribution < -0.4 is 5.32 Å². The van der Waals surface area contributed by atoms with Crippen molar-refractivity contribution in [3.05, 3.63) is 57.4 Å². The summed E-state index contributed by atoms with van der Waals surface area (Å²) in [6.07, 6.45) is 1.45. The predicted molar refractivity (Wildman–Crippen MR) is 112 cm³/mol. The first kappa shape index (κ1) is 23.4. The zero-order valence-electron chi connectivity index (χ0n) is 17.4. The number of ether oxygens (including phenoxy) is 3. The molecule has 1 N–H and O–H groups in total. The van der Waals surface area contributed by atoms with Gasteiger partial charge in [0.1, 0.15) is 7.11 Å². The Balaban J connectivity index is 2.59. The minimum absolute atomic E-state index is 0.0522. The number of carbonyl (C=O) groups is 2. The number of hydrogen-bond donors (Lipinski definition) is 1. The van der Waals surface area contributed by atoms with Gasteiger partial charge in [-0.3, -0.25) is 0 Å². The molecule has 1 aliphatic rings. The van der Waals surface area contributed by atoms with Crippen LogP contribution in [0.1, 0.15) is 25.3 Å². The standard InChI is InChI=1S/C21H25ClN2O6/c1-5-30-21(26)19-16(12-29-11-10-23-28-4)24-13(2)17(20(25)27-3)18(19)14-8-6-7-9-15(14)22/h6-10,18,24H,5,11-12H2,1-4H3. The average molecular weight is 437 g/mol. The van der Waals surface area contributed by atoms with E-state index in [2.05, 4.69) is 15.3 Å². The highest BCUT2D eigenvalue weighted by Crippen LogP contribution is 2.41. The molecule has 1 unspecified atom stereocenters. The minimum Gasteiger partial charge on any atom is -0.466 e. The number of benzene rings is 1. The van der Waals surface area contributed by atoms with Crippen LogP contribution in [0, 0.1) is 0 Å². The molecule has 9 heteroatoms. The molecule has 0 amide bonds. The van der Waals surface area contributed by atoms with Crippen molar-refractivity contribution < 1.29 is 28.6 Å². The van der Waals surface area contributed by atoms with Crippen LogP contribution >= 0.6 is 11.6 Å². The van der Waals surface area contributed by atoms with Gasteiger partial charge in [-0.15, -0.1) is 0 Å². The van der Waals surface area contributed by atoms with Gasteiger partial charge in [0, 0.05) is 10.7 Å². The van der Waals surface area contributed by atoms with E-state index < -0.39 is 17.9 Å². The quantitative estimate of drug-likeness (QED) is 0.275. The number of allylic oxidation sites excluding steroid dienone is 1. The lowest BCUT2D eigenvalue weighted by molar-refractivity contribution is -0.139. The number of halogens is 1. The van der Waals surface area contributed by atoms with Crippen molar-refractivity contribution in [3.63, 3.8) is 0 Å². The summed E-state index contributed by atoms with van der Waals surface area (Å²) in [6, 6.07) is 7.02. The number of nitrogens with zero attached hydrogens (tertiary/aromatic N) is 1. The number of esters is 2. The van der Waals surface area contributed by atoms with Crippen LogP contribution in [0.5, 0.6) is 0 Å². The third-order valence-electron chi connectivity index (χ3n) is 4.38. The van der Waals surface area contributed by atoms with Crippen LogP contribution in [0.3, 0.4) is 0 Å². The van der Waals surface area contributed by atoms with E-state index >= 15 is 0 Å². The molecular weight excluding hydrogens is 412 g/mol. The first-order valence-electron chi connectivity index (χ1n) is 9.29. The molecular formula is C21H25ClN2O6. The molecule has 0 bridgehead atoms. The van der Waals surface area contributed by atoms with Crippen LogP contribution in [-0.4, -0.2) is 52.2 Å². The molecule has 1 aromatic carbocycles. The predicted octanol–water partition coefficient (Wildman–Crippen LogP) is 2.94. The van der Waals surface area contributed by atoms with Gasteiger partial charge in [-0.05, 0) is 25.5 Å². The number of dihydropyridines is 1. The van der Waals surface area contributed by atoms with Crippen molar-refractivity contribution in [3.8, 4) is 0 Å². The molecule has 0 fully saturated rings. The van der Waals surface area contributed by atoms with Gasteiger partial charge in [-0.1, -0.05) is 35.0 Å². The Morgan fingerprint density at radius 3 is 2.57 bits per heavy atom. The second-order valence-corrected chi connectivity index (χ2v) is 6.62. The highest BCUT2D eigenvalue weighted by molar-refractivity contribution is 6.31. The molecule has 0 saturated heterocycles. The van der Waals surface area contributed by atoms with Gasteiger partial charge in [0.05, 0.1) is 55.9 Å². The number of nitrogens with one attached hydrogen (secondary N) is 1. The first-order chi connectivity index (χ1) is 14.5. The smallest absolute Gasteiger partial charge is 0.336 e. The van der Waals surface area contributed by atoms with Gasteiger partial charge in [0.2, 0.25) is 0 Å². The fraction of sp³-hybridized carbons (Fsp3) is 0.381. The summed E-state index contributed by atoms with van der Waals surface area (Å²) in [5, 5.41) is 7.11. The van der Waals surface area contributed by atoms with Crippen molar-refractivity contribution in [2.24, 2.45) is 5.16 Å². The van der Waals surface area contributed by atoms with Gasteiger partial charge >= 0.3 is 11.9 Å². The van der Waals surface area contributed by atoms with Crippen LogP contribution in [-0.2, 0) is 28.6 Å². The van der Waals surface area contributed by atoms with Gasteiger partial charge in [0.25, 0.3) is 0 Å². The number of hydrogen-bond acceptors (Lipinski definition) is 8. The molecule has 1 atom stereocenters. The van der Waals surface area contributed by atoms with Gasteiger partial charge < -0.3 is 24.4 Å². The van der Waals surface area contributed by atoms with Crippen LogP contribution in [0.4, 0.5) is 0 Å². The largest absolute Gasteiger partial charge is 0.466 e. The molecule has 0 radical (unpaired) electrons. The molecule has 1 aliphatic heterocycles. The Morgan fingerprint density at radius 2 is 1.93 bits per heavy atom. The maximum atomic E-state index is 13.0. The van der Waals surface area contributed by atoms with E-state index in [1.807, 2.05) is 0 Å². The third kappa shape index (κ3) is 5.40. The van der Waals surface area contributed by atoms with Crippen molar-refractivity contribution >= 4 is 29.8 Å². The topological polar surface area (TPSA) is 95.5 Å². The lowest BCUT2D eigenvalue weighted by atomic mass is 9.80. The first-order valence-corrected chi connectivity index (χ1v) is 9.67. The molecule has 0 saturated carbocycles. The SMILES string of the molecule is CCOC(=O)C1=C(COCC=NOC)NC(C)=C(C(=O)OC)C1c1ccccc1Cl. The maximum absolute atomic E-state index is 13.0. The minimum atomic E-state index is -0.780. The van der Waals surface area contributed by atoms with Crippen molar-refractivity contribution in [2.75, 3.05) is 34.0 Å². The Kier molecular flexibility index (Phi) is 8.89. The Hall–Kier alpha value is -2.84. The van der Waals surface area contributed by atoms with E-state index in [0.717, 1.165) is 0 Å². The van der Waals surface area contributed by atoms with E-state index in [1.165, 1.54) is 20.4 Å². The Bertz CT molecular complexity index is 878. The summed E-state index contributed by atoms with van der Waals surface area (Å²) in [5.41, 5.74) is 2.10. The van der Waals surface area contributed by atoms with Gasteiger partial charge in [-0.25, -0.2) is 9.59 Å². The molecule has 8 nitrogen and oxygen atoms in total. The summed E-state index contributed by atoms with van der Waals surface area (Å²) >= 11 is 6.44. The summed E-state index contributed by atoms with van der Waals surface area (Å²) < 4.78 is 15.9. The molecule has 2 rings (SSSR count). The average Bonchev–Trinajstić information content (AvgIpc) is 2.73. The number of carbonyl (C=O) groups excluding carboxylic acids is 2. The normalized spacial score (nSPS) is 16.5. The van der Waals surface area contributed by atoms with Crippen LogP contribution in [0.2, 0.25) is 5.02 Å². The van der Waals surface area contributed by atoms with Crippen molar-refractivity contribution in [1.82, 2.24) is 5.32 Å². The Morgan fingerprint density at radius 1 is 1.20 bits per heavy atom. The molecule has 0 aromatic heterocycles.